The number of hydrogen-bond donors (Lipinski definition) is 2. The molecule has 0 saturated carbocycles. The quantitative estimate of drug-likeness (QED) is 0.844. The SMILES string of the molecule is N#CCc1cc(NCC2Cc3ccccc3O2)ccc1N. The van der Waals surface area contributed by atoms with Crippen molar-refractivity contribution in [3.05, 3.63) is 53.6 Å². The molecule has 0 spiro atoms. The van der Waals surface area contributed by atoms with Gasteiger partial charge in [-0.15, -0.1) is 0 Å². The first-order valence-corrected chi connectivity index (χ1v) is 7.00. The molecule has 1 heterocycles. The van der Waals surface area contributed by atoms with Gasteiger partial charge in [0.15, 0.2) is 0 Å². The molecule has 106 valence electrons. The number of nitrogens with two attached hydrogens (primary N) is 1. The van der Waals surface area contributed by atoms with E-state index in [0.29, 0.717) is 12.1 Å². The van der Waals surface area contributed by atoms with Gasteiger partial charge in [0.2, 0.25) is 0 Å². The maximum Gasteiger partial charge on any atom is 0.123 e. The lowest BCUT2D eigenvalue weighted by atomic mass is 10.1. The second-order valence-electron chi connectivity index (χ2n) is 5.18. The molecular formula is C17H17N3O. The van der Waals surface area contributed by atoms with Crippen LogP contribution in [0.2, 0.25) is 0 Å². The first kappa shape index (κ1) is 13.3. The Morgan fingerprint density at radius 1 is 1.29 bits per heavy atom. The Morgan fingerprint density at radius 3 is 2.95 bits per heavy atom. The number of para-hydroxylation sites is 1. The van der Waals surface area contributed by atoms with E-state index in [-0.39, 0.29) is 6.10 Å². The van der Waals surface area contributed by atoms with E-state index < -0.39 is 0 Å². The predicted octanol–water partition coefficient (Wildman–Crippen LogP) is 2.75. The molecule has 0 amide bonds. The van der Waals surface area contributed by atoms with Gasteiger partial charge in [0, 0.05) is 17.8 Å². The first-order valence-electron chi connectivity index (χ1n) is 7.00. The third-order valence-corrected chi connectivity index (χ3v) is 3.66. The molecule has 0 saturated heterocycles. The summed E-state index contributed by atoms with van der Waals surface area (Å²) in [6.07, 6.45) is 1.38. The molecule has 1 aliphatic rings. The highest BCUT2D eigenvalue weighted by Gasteiger charge is 2.21. The Balaban J connectivity index is 1.62. The zero-order valence-corrected chi connectivity index (χ0v) is 11.7. The summed E-state index contributed by atoms with van der Waals surface area (Å²) in [6.45, 7) is 0.727. The monoisotopic (exact) mass is 279 g/mol. The topological polar surface area (TPSA) is 71.1 Å². The van der Waals surface area contributed by atoms with Crippen molar-refractivity contribution in [2.45, 2.75) is 18.9 Å². The van der Waals surface area contributed by atoms with Crippen LogP contribution in [0, 0.1) is 11.3 Å². The molecule has 1 atom stereocenters. The molecule has 0 aromatic heterocycles. The van der Waals surface area contributed by atoms with Gasteiger partial charge in [-0.25, -0.2) is 0 Å². The number of fused-ring (bicyclic) bond motifs is 1. The summed E-state index contributed by atoms with van der Waals surface area (Å²) in [6, 6.07) is 15.9. The summed E-state index contributed by atoms with van der Waals surface area (Å²) in [7, 11) is 0. The molecule has 0 bridgehead atoms. The van der Waals surface area contributed by atoms with E-state index in [1.165, 1.54) is 5.56 Å². The molecule has 2 aromatic carbocycles. The molecule has 4 nitrogen and oxygen atoms in total. The number of nitrogen functional groups attached to an aromatic ring is 1. The lowest BCUT2D eigenvalue weighted by Crippen LogP contribution is -2.24. The van der Waals surface area contributed by atoms with Gasteiger partial charge in [0.1, 0.15) is 11.9 Å². The van der Waals surface area contributed by atoms with Crippen molar-refractivity contribution >= 4 is 11.4 Å². The Bertz CT molecular complexity index is 666. The minimum absolute atomic E-state index is 0.138. The van der Waals surface area contributed by atoms with E-state index in [1.807, 2.05) is 36.4 Å². The van der Waals surface area contributed by atoms with Crippen molar-refractivity contribution < 1.29 is 4.74 Å². The highest BCUT2D eigenvalue weighted by molar-refractivity contribution is 5.58. The molecular weight excluding hydrogens is 262 g/mol. The number of benzene rings is 2. The van der Waals surface area contributed by atoms with Crippen LogP contribution >= 0.6 is 0 Å². The Labute approximate surface area is 124 Å². The average molecular weight is 279 g/mol. The van der Waals surface area contributed by atoms with E-state index in [4.69, 9.17) is 15.7 Å². The number of rotatable bonds is 4. The lowest BCUT2D eigenvalue weighted by Gasteiger charge is -2.14. The highest BCUT2D eigenvalue weighted by Crippen LogP contribution is 2.28. The van der Waals surface area contributed by atoms with Gasteiger partial charge in [-0.1, -0.05) is 18.2 Å². The molecule has 0 aliphatic carbocycles. The van der Waals surface area contributed by atoms with Crippen molar-refractivity contribution in [2.75, 3.05) is 17.6 Å². The predicted molar refractivity (Wildman–Crippen MR) is 83.2 cm³/mol. The molecule has 2 aromatic rings. The van der Waals surface area contributed by atoms with Crippen molar-refractivity contribution in [1.82, 2.24) is 0 Å². The largest absolute Gasteiger partial charge is 0.488 e. The number of nitrogens with one attached hydrogen (secondary N) is 1. The van der Waals surface area contributed by atoms with Gasteiger partial charge < -0.3 is 15.8 Å². The Kier molecular flexibility index (Phi) is 3.65. The van der Waals surface area contributed by atoms with Crippen LogP contribution in [-0.2, 0) is 12.8 Å². The molecule has 3 N–H and O–H groups in total. The van der Waals surface area contributed by atoms with Crippen LogP contribution in [0.1, 0.15) is 11.1 Å². The fraction of sp³-hybridized carbons (Fsp3) is 0.235. The third-order valence-electron chi connectivity index (χ3n) is 3.66. The maximum atomic E-state index is 8.79. The number of anilines is 2. The molecule has 3 rings (SSSR count). The van der Waals surface area contributed by atoms with Crippen LogP contribution in [0.5, 0.6) is 5.75 Å². The van der Waals surface area contributed by atoms with Gasteiger partial charge in [-0.3, -0.25) is 0 Å². The normalized spacial score (nSPS) is 15.9. The first-order chi connectivity index (χ1) is 10.3. The van der Waals surface area contributed by atoms with E-state index in [2.05, 4.69) is 17.5 Å². The molecule has 0 radical (unpaired) electrons. The fourth-order valence-corrected chi connectivity index (χ4v) is 2.55. The fourth-order valence-electron chi connectivity index (χ4n) is 2.55. The summed E-state index contributed by atoms with van der Waals surface area (Å²) >= 11 is 0. The lowest BCUT2D eigenvalue weighted by molar-refractivity contribution is 0.246. The van der Waals surface area contributed by atoms with Crippen LogP contribution < -0.4 is 15.8 Å². The van der Waals surface area contributed by atoms with Crippen molar-refractivity contribution in [3.63, 3.8) is 0 Å². The summed E-state index contributed by atoms with van der Waals surface area (Å²) in [5.41, 5.74) is 9.59. The maximum absolute atomic E-state index is 8.79. The van der Waals surface area contributed by atoms with Crippen LogP contribution in [-0.4, -0.2) is 12.6 Å². The van der Waals surface area contributed by atoms with Crippen molar-refractivity contribution in [2.24, 2.45) is 0 Å². The summed E-state index contributed by atoms with van der Waals surface area (Å²) in [5.74, 6) is 0.978. The van der Waals surface area contributed by atoms with E-state index in [0.717, 1.165) is 30.0 Å². The van der Waals surface area contributed by atoms with Gasteiger partial charge >= 0.3 is 0 Å². The number of nitriles is 1. The van der Waals surface area contributed by atoms with Crippen molar-refractivity contribution in [1.29, 1.82) is 5.26 Å². The summed E-state index contributed by atoms with van der Waals surface area (Å²) in [5, 5.41) is 12.1. The van der Waals surface area contributed by atoms with Crippen LogP contribution in [0.15, 0.2) is 42.5 Å². The van der Waals surface area contributed by atoms with Gasteiger partial charge in [-0.05, 0) is 35.4 Å². The van der Waals surface area contributed by atoms with Crippen molar-refractivity contribution in [3.8, 4) is 11.8 Å². The third kappa shape index (κ3) is 2.92. The zero-order chi connectivity index (χ0) is 14.7. The number of nitrogens with zero attached hydrogens (tertiary/aromatic N) is 1. The summed E-state index contributed by atoms with van der Waals surface area (Å²) in [4.78, 5) is 0. The molecule has 4 heteroatoms. The minimum atomic E-state index is 0.138. The second-order valence-corrected chi connectivity index (χ2v) is 5.18. The van der Waals surface area contributed by atoms with Crippen LogP contribution in [0.3, 0.4) is 0 Å². The zero-order valence-electron chi connectivity index (χ0n) is 11.7. The minimum Gasteiger partial charge on any atom is -0.488 e. The molecule has 1 aliphatic heterocycles. The second kappa shape index (κ2) is 5.76. The Hall–Kier alpha value is -2.67. The molecule has 1 unspecified atom stereocenters. The number of ether oxygens (including phenoxy) is 1. The Morgan fingerprint density at radius 2 is 2.14 bits per heavy atom. The van der Waals surface area contributed by atoms with Crippen LogP contribution in [0.25, 0.3) is 0 Å². The van der Waals surface area contributed by atoms with Gasteiger partial charge in [0.25, 0.3) is 0 Å². The van der Waals surface area contributed by atoms with E-state index in [1.54, 1.807) is 0 Å². The van der Waals surface area contributed by atoms with Gasteiger partial charge in [0.05, 0.1) is 19.0 Å². The molecule has 0 fully saturated rings. The van der Waals surface area contributed by atoms with Gasteiger partial charge in [-0.2, -0.15) is 5.26 Å². The highest BCUT2D eigenvalue weighted by atomic mass is 16.5. The molecule has 21 heavy (non-hydrogen) atoms. The van der Waals surface area contributed by atoms with E-state index in [9.17, 15) is 0 Å². The number of hydrogen-bond acceptors (Lipinski definition) is 4. The standard InChI is InChI=1S/C17H17N3O/c18-8-7-12-9-14(5-6-16(12)19)20-11-15-10-13-3-1-2-4-17(13)21-15/h1-6,9,15,20H,7,10-11,19H2. The average Bonchev–Trinajstić information content (AvgIpc) is 2.91. The summed E-state index contributed by atoms with van der Waals surface area (Å²) < 4.78 is 5.89. The van der Waals surface area contributed by atoms with Crippen LogP contribution in [0.4, 0.5) is 11.4 Å². The smallest absolute Gasteiger partial charge is 0.123 e. The van der Waals surface area contributed by atoms with E-state index >= 15 is 0 Å².